The van der Waals surface area contributed by atoms with Gasteiger partial charge in [-0.15, -0.1) is 5.10 Å². The molecule has 0 aliphatic carbocycles. The van der Waals surface area contributed by atoms with Crippen LogP contribution in [-0.4, -0.2) is 52.0 Å². The smallest absolute Gasteiger partial charge is 0.231 e. The highest BCUT2D eigenvalue weighted by molar-refractivity contribution is 7.99. The molecule has 4 rings (SSSR count). The normalized spacial score (nSPS) is 11.1. The Morgan fingerprint density at radius 2 is 2.00 bits per heavy atom. The Kier molecular flexibility index (Phi) is 5.57. The molecule has 150 valence electrons. The lowest BCUT2D eigenvalue weighted by atomic mass is 10.1. The van der Waals surface area contributed by atoms with Crippen molar-refractivity contribution in [3.8, 4) is 11.5 Å². The Labute approximate surface area is 171 Å². The fourth-order valence-electron chi connectivity index (χ4n) is 3.10. The van der Waals surface area contributed by atoms with E-state index in [1.54, 1.807) is 14.2 Å². The van der Waals surface area contributed by atoms with Gasteiger partial charge in [0, 0.05) is 6.54 Å². The highest BCUT2D eigenvalue weighted by Gasteiger charge is 2.13. The molecule has 0 unspecified atom stereocenters. The maximum Gasteiger partial charge on any atom is 0.231 e. The molecule has 0 bridgehead atoms. The monoisotopic (exact) mass is 411 g/mol. The summed E-state index contributed by atoms with van der Waals surface area (Å²) in [5, 5.41) is 10.8. The van der Waals surface area contributed by atoms with Crippen LogP contribution in [0.4, 0.5) is 0 Å². The van der Waals surface area contributed by atoms with Gasteiger partial charge in [0.2, 0.25) is 11.7 Å². The van der Waals surface area contributed by atoms with Gasteiger partial charge in [0.15, 0.2) is 16.7 Å². The lowest BCUT2D eigenvalue weighted by Gasteiger charge is -2.10. The minimum Gasteiger partial charge on any atom is -0.493 e. The first kappa shape index (κ1) is 19.1. The van der Waals surface area contributed by atoms with E-state index >= 15 is 0 Å². The number of nitrogens with zero attached hydrogens (tertiary/aromatic N) is 3. The van der Waals surface area contributed by atoms with Crippen molar-refractivity contribution >= 4 is 34.5 Å². The predicted octanol–water partition coefficient (Wildman–Crippen LogP) is 2.68. The number of amides is 1. The maximum absolute atomic E-state index is 12.3. The molecule has 9 heteroatoms. The van der Waals surface area contributed by atoms with Crippen molar-refractivity contribution in [2.24, 2.45) is 0 Å². The maximum atomic E-state index is 12.3. The van der Waals surface area contributed by atoms with Gasteiger partial charge in [0.05, 0.1) is 31.0 Å². The number of para-hydroxylation sites is 2. The largest absolute Gasteiger partial charge is 0.493 e. The Morgan fingerprint density at radius 1 is 1.17 bits per heavy atom. The molecule has 2 aromatic heterocycles. The average Bonchev–Trinajstić information content (AvgIpc) is 3.31. The first-order chi connectivity index (χ1) is 14.2. The molecule has 0 aliphatic rings. The Hall–Kier alpha value is -3.20. The van der Waals surface area contributed by atoms with Crippen molar-refractivity contribution in [3.05, 3.63) is 48.0 Å². The van der Waals surface area contributed by atoms with E-state index in [0.29, 0.717) is 35.4 Å². The van der Waals surface area contributed by atoms with E-state index in [2.05, 4.69) is 20.5 Å². The van der Waals surface area contributed by atoms with Gasteiger partial charge in [0.1, 0.15) is 0 Å². The number of carbonyl (C=O) groups is 1. The molecule has 0 saturated heterocycles. The average molecular weight is 411 g/mol. The van der Waals surface area contributed by atoms with E-state index in [1.165, 1.54) is 11.8 Å². The highest BCUT2D eigenvalue weighted by Crippen LogP contribution is 2.27. The van der Waals surface area contributed by atoms with Crippen LogP contribution in [0.2, 0.25) is 0 Å². The fraction of sp³-hybridized carbons (Fsp3) is 0.250. The summed E-state index contributed by atoms with van der Waals surface area (Å²) in [6.07, 6.45) is 0.704. The van der Waals surface area contributed by atoms with Gasteiger partial charge in [-0.05, 0) is 36.2 Å². The van der Waals surface area contributed by atoms with E-state index in [-0.39, 0.29) is 11.7 Å². The van der Waals surface area contributed by atoms with Gasteiger partial charge >= 0.3 is 0 Å². The molecule has 1 amide bonds. The summed E-state index contributed by atoms with van der Waals surface area (Å²) in [5.74, 6) is 2.27. The van der Waals surface area contributed by atoms with Crippen LogP contribution in [0.25, 0.3) is 16.8 Å². The van der Waals surface area contributed by atoms with Crippen molar-refractivity contribution in [2.75, 3.05) is 26.5 Å². The van der Waals surface area contributed by atoms with E-state index in [0.717, 1.165) is 16.6 Å². The highest BCUT2D eigenvalue weighted by atomic mass is 32.2. The minimum atomic E-state index is -0.0453. The Balaban J connectivity index is 1.32. The number of H-pyrrole nitrogens is 1. The van der Waals surface area contributed by atoms with Crippen LogP contribution in [0.1, 0.15) is 5.56 Å². The number of ether oxygens (including phenoxy) is 2. The Bertz CT molecular complexity index is 1150. The van der Waals surface area contributed by atoms with Crippen molar-refractivity contribution in [1.29, 1.82) is 0 Å². The van der Waals surface area contributed by atoms with E-state index in [4.69, 9.17) is 9.47 Å². The first-order valence-electron chi connectivity index (χ1n) is 9.11. The van der Waals surface area contributed by atoms with Gasteiger partial charge in [-0.25, -0.2) is 10.1 Å². The molecule has 0 spiro atoms. The molecule has 4 aromatic rings. The van der Waals surface area contributed by atoms with Gasteiger partial charge in [-0.1, -0.05) is 30.0 Å². The van der Waals surface area contributed by atoms with Crippen LogP contribution in [-0.2, 0) is 11.2 Å². The van der Waals surface area contributed by atoms with Crippen LogP contribution < -0.4 is 14.8 Å². The summed E-state index contributed by atoms with van der Waals surface area (Å²) >= 11 is 1.37. The second kappa shape index (κ2) is 8.44. The minimum absolute atomic E-state index is 0.0453. The second-order valence-corrected chi connectivity index (χ2v) is 7.29. The van der Waals surface area contributed by atoms with E-state index in [1.807, 2.05) is 46.9 Å². The number of hydrogen-bond acceptors (Lipinski definition) is 6. The molecule has 0 radical (unpaired) electrons. The second-order valence-electron chi connectivity index (χ2n) is 6.34. The van der Waals surface area contributed by atoms with Crippen molar-refractivity contribution in [3.63, 3.8) is 0 Å². The zero-order valence-corrected chi connectivity index (χ0v) is 17.0. The molecule has 8 nitrogen and oxygen atoms in total. The molecule has 2 aromatic carbocycles. The molecule has 0 atom stereocenters. The zero-order valence-electron chi connectivity index (χ0n) is 16.1. The zero-order chi connectivity index (χ0) is 20.2. The lowest BCUT2D eigenvalue weighted by Crippen LogP contribution is -2.27. The molecule has 0 saturated carbocycles. The van der Waals surface area contributed by atoms with E-state index < -0.39 is 0 Å². The molecular formula is C20H21N5O3S. The first-order valence-corrected chi connectivity index (χ1v) is 10.1. The van der Waals surface area contributed by atoms with Gasteiger partial charge in [-0.3, -0.25) is 9.20 Å². The number of hydrogen-bond donors (Lipinski definition) is 2. The van der Waals surface area contributed by atoms with Gasteiger partial charge in [0.25, 0.3) is 0 Å². The topological polar surface area (TPSA) is 93.5 Å². The number of imidazole rings is 1. The van der Waals surface area contributed by atoms with Crippen LogP contribution in [0.3, 0.4) is 0 Å². The molecule has 29 heavy (non-hydrogen) atoms. The summed E-state index contributed by atoms with van der Waals surface area (Å²) in [5.41, 5.74) is 2.92. The number of aromatic nitrogens is 4. The molecule has 0 aliphatic heterocycles. The van der Waals surface area contributed by atoms with Crippen LogP contribution >= 0.6 is 11.8 Å². The molecule has 2 N–H and O–H groups in total. The van der Waals surface area contributed by atoms with Gasteiger partial charge in [-0.2, -0.15) is 0 Å². The number of fused-ring (bicyclic) bond motifs is 3. The number of methoxy groups -OCH3 is 2. The number of thioether (sulfide) groups is 1. The Morgan fingerprint density at radius 3 is 2.83 bits per heavy atom. The number of carbonyl (C=O) groups excluding carboxylic acids is 1. The third-order valence-electron chi connectivity index (χ3n) is 4.52. The number of rotatable bonds is 8. The predicted molar refractivity (Wildman–Crippen MR) is 112 cm³/mol. The summed E-state index contributed by atoms with van der Waals surface area (Å²) in [7, 11) is 3.21. The summed E-state index contributed by atoms with van der Waals surface area (Å²) in [6.45, 7) is 0.541. The van der Waals surface area contributed by atoms with Crippen molar-refractivity contribution in [1.82, 2.24) is 24.9 Å². The summed E-state index contributed by atoms with van der Waals surface area (Å²) in [6, 6.07) is 13.6. The number of nitrogens with one attached hydrogen (secondary N) is 2. The van der Waals surface area contributed by atoms with Crippen LogP contribution in [0.5, 0.6) is 11.5 Å². The molecule has 2 heterocycles. The van der Waals surface area contributed by atoms with Crippen molar-refractivity contribution < 1.29 is 14.3 Å². The van der Waals surface area contributed by atoms with Gasteiger partial charge < -0.3 is 14.8 Å². The number of benzene rings is 2. The van der Waals surface area contributed by atoms with E-state index in [9.17, 15) is 4.79 Å². The molecular weight excluding hydrogens is 390 g/mol. The molecule has 0 fully saturated rings. The fourth-order valence-corrected chi connectivity index (χ4v) is 3.89. The summed E-state index contributed by atoms with van der Waals surface area (Å²) < 4.78 is 12.5. The quantitative estimate of drug-likeness (QED) is 0.433. The summed E-state index contributed by atoms with van der Waals surface area (Å²) in [4.78, 5) is 16.7. The lowest BCUT2D eigenvalue weighted by molar-refractivity contribution is -0.118. The third-order valence-corrected chi connectivity index (χ3v) is 5.46. The van der Waals surface area contributed by atoms with Crippen molar-refractivity contribution in [2.45, 2.75) is 11.6 Å². The third kappa shape index (κ3) is 4.00. The van der Waals surface area contributed by atoms with Crippen LogP contribution in [0, 0.1) is 0 Å². The standard InChI is InChI=1S/C20H21N5O3S/c1-27-16-8-7-13(11-17(16)28-2)9-10-21-18(26)12-29-20-24-23-19-22-14-5-3-4-6-15(14)25(19)20/h3-8,11H,9-10,12H2,1-2H3,(H,21,26)(H,22,23). The number of aromatic amines is 1. The SMILES string of the molecule is COc1ccc(CCNC(=O)CSc2n[nH]c3nc4ccccc4n23)cc1OC. The van der Waals surface area contributed by atoms with Crippen LogP contribution in [0.15, 0.2) is 47.6 Å².